The van der Waals surface area contributed by atoms with E-state index in [4.69, 9.17) is 0 Å². The maximum absolute atomic E-state index is 4.01. The molecule has 1 heteroatoms. The third kappa shape index (κ3) is 2.38. The monoisotopic (exact) mass is 291 g/mol. The standard InChI is InChI=1S/C21H25N/c1-3-9-17(10-4-1)16-22-21-14-8-2-5-12-19(21)15-18-11-6-7-13-20(18)21/h1,3-4,6-7,9-11,13,19,22H,2,5,8,12,14-16H2/t19-,21+/m1/s1. The van der Waals surface area contributed by atoms with Crippen LogP contribution in [-0.4, -0.2) is 0 Å². The molecular formula is C21H25N. The quantitative estimate of drug-likeness (QED) is 0.856. The molecule has 0 radical (unpaired) electrons. The molecule has 2 aliphatic carbocycles. The van der Waals surface area contributed by atoms with E-state index in [0.29, 0.717) is 0 Å². The van der Waals surface area contributed by atoms with Crippen molar-refractivity contribution < 1.29 is 0 Å². The summed E-state index contributed by atoms with van der Waals surface area (Å²) in [5.41, 5.74) is 4.76. The molecule has 0 aromatic heterocycles. The molecule has 2 atom stereocenters. The van der Waals surface area contributed by atoms with E-state index in [1.54, 1.807) is 11.1 Å². The van der Waals surface area contributed by atoms with Gasteiger partial charge in [-0.15, -0.1) is 0 Å². The van der Waals surface area contributed by atoms with Gasteiger partial charge in [0.2, 0.25) is 0 Å². The minimum absolute atomic E-state index is 0.211. The van der Waals surface area contributed by atoms with Gasteiger partial charge in [0.25, 0.3) is 0 Å². The van der Waals surface area contributed by atoms with Crippen molar-refractivity contribution in [3.05, 3.63) is 71.3 Å². The number of rotatable bonds is 3. The molecule has 1 saturated carbocycles. The summed E-state index contributed by atoms with van der Waals surface area (Å²) in [6.07, 6.45) is 8.07. The number of benzene rings is 2. The van der Waals surface area contributed by atoms with Crippen molar-refractivity contribution in [1.29, 1.82) is 0 Å². The van der Waals surface area contributed by atoms with Gasteiger partial charge in [0.1, 0.15) is 0 Å². The van der Waals surface area contributed by atoms with Gasteiger partial charge >= 0.3 is 0 Å². The Bertz CT molecular complexity index is 633. The SMILES string of the molecule is c1ccc(CN[C@@]23CCCCC[C@@H]2Cc2ccccc23)cc1. The Morgan fingerprint density at radius 3 is 2.64 bits per heavy atom. The molecule has 0 amide bonds. The van der Waals surface area contributed by atoms with Crippen LogP contribution in [0.25, 0.3) is 0 Å². The predicted octanol–water partition coefficient (Wildman–Crippen LogP) is 4.81. The maximum Gasteiger partial charge on any atom is 0.0471 e. The molecule has 1 N–H and O–H groups in total. The van der Waals surface area contributed by atoms with Crippen molar-refractivity contribution in [2.75, 3.05) is 0 Å². The summed E-state index contributed by atoms with van der Waals surface area (Å²) in [7, 11) is 0. The predicted molar refractivity (Wildman–Crippen MR) is 91.7 cm³/mol. The van der Waals surface area contributed by atoms with E-state index < -0.39 is 0 Å². The van der Waals surface area contributed by atoms with Gasteiger partial charge < -0.3 is 5.32 Å². The van der Waals surface area contributed by atoms with Crippen LogP contribution >= 0.6 is 0 Å². The van der Waals surface area contributed by atoms with Crippen LogP contribution in [0.15, 0.2) is 54.6 Å². The van der Waals surface area contributed by atoms with Crippen LogP contribution in [0.5, 0.6) is 0 Å². The van der Waals surface area contributed by atoms with E-state index in [-0.39, 0.29) is 5.54 Å². The van der Waals surface area contributed by atoms with Crippen LogP contribution in [0.2, 0.25) is 0 Å². The van der Waals surface area contributed by atoms with Crippen molar-refractivity contribution in [3.8, 4) is 0 Å². The van der Waals surface area contributed by atoms with E-state index in [1.165, 1.54) is 44.1 Å². The van der Waals surface area contributed by atoms with Crippen molar-refractivity contribution in [3.63, 3.8) is 0 Å². The molecule has 22 heavy (non-hydrogen) atoms. The Morgan fingerprint density at radius 1 is 0.909 bits per heavy atom. The van der Waals surface area contributed by atoms with Crippen LogP contribution in [0.1, 0.15) is 48.8 Å². The molecule has 0 unspecified atom stereocenters. The van der Waals surface area contributed by atoms with E-state index in [9.17, 15) is 0 Å². The normalized spacial score (nSPS) is 27.0. The second kappa shape index (κ2) is 5.89. The van der Waals surface area contributed by atoms with Gasteiger partial charge in [-0.2, -0.15) is 0 Å². The molecule has 0 aliphatic heterocycles. The first-order valence-corrected chi connectivity index (χ1v) is 8.76. The van der Waals surface area contributed by atoms with Crippen molar-refractivity contribution in [2.45, 2.75) is 50.6 Å². The van der Waals surface area contributed by atoms with E-state index in [2.05, 4.69) is 59.9 Å². The first-order chi connectivity index (χ1) is 10.9. The summed E-state index contributed by atoms with van der Waals surface area (Å²) < 4.78 is 0. The maximum atomic E-state index is 4.01. The van der Waals surface area contributed by atoms with Gasteiger partial charge in [-0.3, -0.25) is 0 Å². The molecule has 0 bridgehead atoms. The summed E-state index contributed by atoms with van der Waals surface area (Å²) in [6, 6.07) is 20.0. The molecule has 0 spiro atoms. The zero-order valence-electron chi connectivity index (χ0n) is 13.2. The molecule has 2 aliphatic rings. The Hall–Kier alpha value is -1.60. The Balaban J connectivity index is 1.67. The van der Waals surface area contributed by atoms with Crippen LogP contribution in [0.4, 0.5) is 0 Å². The second-order valence-corrected chi connectivity index (χ2v) is 6.97. The molecule has 2 aromatic carbocycles. The van der Waals surface area contributed by atoms with Crippen molar-refractivity contribution in [1.82, 2.24) is 5.32 Å². The lowest BCUT2D eigenvalue weighted by molar-refractivity contribution is 0.212. The Kier molecular flexibility index (Phi) is 3.75. The lowest BCUT2D eigenvalue weighted by atomic mass is 9.79. The van der Waals surface area contributed by atoms with Crippen LogP contribution in [0.3, 0.4) is 0 Å². The third-order valence-electron chi connectivity index (χ3n) is 5.74. The van der Waals surface area contributed by atoms with Crippen molar-refractivity contribution >= 4 is 0 Å². The molecular weight excluding hydrogens is 266 g/mol. The first-order valence-electron chi connectivity index (χ1n) is 8.76. The number of hydrogen-bond acceptors (Lipinski definition) is 1. The fourth-order valence-electron chi connectivity index (χ4n) is 4.64. The summed E-state index contributed by atoms with van der Waals surface area (Å²) in [6.45, 7) is 0.978. The van der Waals surface area contributed by atoms with Gasteiger partial charge in [-0.05, 0) is 41.9 Å². The van der Waals surface area contributed by atoms with Crippen molar-refractivity contribution in [2.24, 2.45) is 5.92 Å². The van der Waals surface area contributed by atoms with Crippen LogP contribution < -0.4 is 5.32 Å². The molecule has 0 heterocycles. The Morgan fingerprint density at radius 2 is 1.73 bits per heavy atom. The highest BCUT2D eigenvalue weighted by molar-refractivity contribution is 5.40. The van der Waals surface area contributed by atoms with Gasteiger partial charge in [0, 0.05) is 12.1 Å². The smallest absolute Gasteiger partial charge is 0.0471 e. The van der Waals surface area contributed by atoms with E-state index in [0.717, 1.165) is 12.5 Å². The van der Waals surface area contributed by atoms with Crippen LogP contribution in [-0.2, 0) is 18.5 Å². The number of nitrogens with one attached hydrogen (secondary N) is 1. The molecule has 0 saturated heterocycles. The molecule has 2 aromatic rings. The minimum atomic E-state index is 0.211. The van der Waals surface area contributed by atoms with E-state index in [1.807, 2.05) is 0 Å². The zero-order valence-corrected chi connectivity index (χ0v) is 13.2. The highest BCUT2D eigenvalue weighted by atomic mass is 15.0. The summed E-state index contributed by atoms with van der Waals surface area (Å²) in [4.78, 5) is 0. The third-order valence-corrected chi connectivity index (χ3v) is 5.74. The van der Waals surface area contributed by atoms with E-state index >= 15 is 0 Å². The fraction of sp³-hybridized carbons (Fsp3) is 0.429. The summed E-state index contributed by atoms with van der Waals surface area (Å²) >= 11 is 0. The lowest BCUT2D eigenvalue weighted by Gasteiger charge is -2.37. The first kappa shape index (κ1) is 14.0. The topological polar surface area (TPSA) is 12.0 Å². The second-order valence-electron chi connectivity index (χ2n) is 6.97. The van der Waals surface area contributed by atoms with Gasteiger partial charge in [-0.25, -0.2) is 0 Å². The highest BCUT2D eigenvalue weighted by Gasteiger charge is 2.46. The summed E-state index contributed by atoms with van der Waals surface area (Å²) in [5.74, 6) is 0.774. The zero-order chi connectivity index (χ0) is 14.8. The summed E-state index contributed by atoms with van der Waals surface area (Å²) in [5, 5.41) is 4.01. The molecule has 4 rings (SSSR count). The average Bonchev–Trinajstić information content (AvgIpc) is 2.73. The molecule has 1 nitrogen and oxygen atoms in total. The minimum Gasteiger partial charge on any atom is -0.303 e. The number of hydrogen-bond donors (Lipinski definition) is 1. The Labute approximate surface area is 133 Å². The fourth-order valence-corrected chi connectivity index (χ4v) is 4.64. The largest absolute Gasteiger partial charge is 0.303 e. The number of fused-ring (bicyclic) bond motifs is 3. The molecule has 1 fully saturated rings. The molecule has 114 valence electrons. The lowest BCUT2D eigenvalue weighted by Crippen LogP contribution is -2.45. The van der Waals surface area contributed by atoms with Gasteiger partial charge in [-0.1, -0.05) is 73.9 Å². The van der Waals surface area contributed by atoms with Gasteiger partial charge in [0.05, 0.1) is 0 Å². The average molecular weight is 291 g/mol. The van der Waals surface area contributed by atoms with Crippen LogP contribution in [0, 0.1) is 5.92 Å². The van der Waals surface area contributed by atoms with Gasteiger partial charge in [0.15, 0.2) is 0 Å². The highest BCUT2D eigenvalue weighted by Crippen LogP contribution is 2.48.